The molecule has 1 unspecified atom stereocenters. The number of hydrogen-bond acceptors (Lipinski definition) is 4. The molecule has 2 aromatic carbocycles. The summed E-state index contributed by atoms with van der Waals surface area (Å²) in [5, 5.41) is 11.7. The highest BCUT2D eigenvalue weighted by Crippen LogP contribution is 2.24. The minimum absolute atomic E-state index is 0.258. The van der Waals surface area contributed by atoms with Crippen LogP contribution in [0.4, 0.5) is 4.39 Å². The number of rotatable bonds is 7. The molecular weight excluding hydrogens is 329 g/mol. The first-order valence-corrected chi connectivity index (χ1v) is 7.44. The van der Waals surface area contributed by atoms with Gasteiger partial charge in [-0.05, 0) is 29.8 Å². The van der Waals surface area contributed by atoms with Crippen LogP contribution in [0.25, 0.3) is 0 Å². The summed E-state index contributed by atoms with van der Waals surface area (Å²) < 4.78 is 23.3. The lowest BCUT2D eigenvalue weighted by Crippen LogP contribution is -2.30. The Labute approximate surface area is 144 Å². The molecule has 2 aromatic rings. The van der Waals surface area contributed by atoms with Crippen LogP contribution in [0.2, 0.25) is 0 Å². The van der Waals surface area contributed by atoms with E-state index in [-0.39, 0.29) is 12.0 Å². The van der Waals surface area contributed by atoms with Gasteiger partial charge in [0.05, 0.1) is 26.7 Å². The van der Waals surface area contributed by atoms with Crippen LogP contribution in [0.5, 0.6) is 11.5 Å². The quantitative estimate of drug-likeness (QED) is 0.804. The van der Waals surface area contributed by atoms with Gasteiger partial charge in [-0.2, -0.15) is 0 Å². The summed E-state index contributed by atoms with van der Waals surface area (Å²) in [4.78, 5) is 23.6. The third-order valence-electron chi connectivity index (χ3n) is 3.57. The van der Waals surface area contributed by atoms with Crippen molar-refractivity contribution in [1.82, 2.24) is 5.32 Å². The molecule has 0 aliphatic carbocycles. The molecule has 0 saturated carbocycles. The van der Waals surface area contributed by atoms with Crippen molar-refractivity contribution in [2.75, 3.05) is 14.2 Å². The maximum Gasteiger partial charge on any atom is 0.305 e. The van der Waals surface area contributed by atoms with Crippen molar-refractivity contribution >= 4 is 11.9 Å². The van der Waals surface area contributed by atoms with E-state index in [0.29, 0.717) is 17.1 Å². The van der Waals surface area contributed by atoms with E-state index in [0.717, 1.165) is 0 Å². The summed E-state index contributed by atoms with van der Waals surface area (Å²) >= 11 is 0. The summed E-state index contributed by atoms with van der Waals surface area (Å²) in [5.74, 6) is -1.16. The number of carbonyl (C=O) groups is 2. The molecule has 0 radical (unpaired) electrons. The third kappa shape index (κ3) is 4.94. The highest BCUT2D eigenvalue weighted by atomic mass is 19.1. The highest BCUT2D eigenvalue weighted by Gasteiger charge is 2.20. The predicted octanol–water partition coefficient (Wildman–Crippen LogP) is 2.79. The Morgan fingerprint density at radius 3 is 2.12 bits per heavy atom. The maximum absolute atomic E-state index is 13.1. The van der Waals surface area contributed by atoms with Crippen LogP contribution in [-0.4, -0.2) is 31.2 Å². The number of methoxy groups -OCH3 is 2. The van der Waals surface area contributed by atoms with Gasteiger partial charge in [0.2, 0.25) is 0 Å². The average Bonchev–Trinajstić information content (AvgIpc) is 2.60. The summed E-state index contributed by atoms with van der Waals surface area (Å²) in [6.45, 7) is 0. The number of aliphatic carboxylic acids is 1. The molecule has 2 N–H and O–H groups in total. The van der Waals surface area contributed by atoms with Gasteiger partial charge in [0.25, 0.3) is 5.91 Å². The van der Waals surface area contributed by atoms with E-state index < -0.39 is 23.7 Å². The summed E-state index contributed by atoms with van der Waals surface area (Å²) in [6, 6.07) is 9.15. The number of amides is 1. The van der Waals surface area contributed by atoms with Gasteiger partial charge < -0.3 is 19.9 Å². The molecule has 2 rings (SSSR count). The second-order valence-corrected chi connectivity index (χ2v) is 5.28. The fraction of sp³-hybridized carbons (Fsp3) is 0.222. The normalized spacial score (nSPS) is 11.5. The largest absolute Gasteiger partial charge is 0.497 e. The lowest BCUT2D eigenvalue weighted by molar-refractivity contribution is -0.137. The van der Waals surface area contributed by atoms with Gasteiger partial charge >= 0.3 is 5.97 Å². The minimum Gasteiger partial charge on any atom is -0.497 e. The average molecular weight is 347 g/mol. The number of benzene rings is 2. The third-order valence-corrected chi connectivity index (χ3v) is 3.57. The Kier molecular flexibility index (Phi) is 5.94. The van der Waals surface area contributed by atoms with Gasteiger partial charge in [-0.3, -0.25) is 9.59 Å². The summed E-state index contributed by atoms with van der Waals surface area (Å²) in [5.41, 5.74) is 0.751. The standard InChI is InChI=1S/C18H18FNO5/c1-24-14-7-12(8-15(9-14)25-2)18(23)20-16(10-17(21)22)11-3-5-13(19)6-4-11/h3-9,16H,10H2,1-2H3,(H,20,23)(H,21,22). The first-order chi connectivity index (χ1) is 11.9. The molecule has 0 aliphatic heterocycles. The number of carbonyl (C=O) groups excluding carboxylic acids is 1. The van der Waals surface area contributed by atoms with E-state index in [9.17, 15) is 14.0 Å². The van der Waals surface area contributed by atoms with Crippen LogP contribution in [0, 0.1) is 5.82 Å². The number of nitrogens with one attached hydrogen (secondary N) is 1. The van der Waals surface area contributed by atoms with Gasteiger partial charge in [-0.15, -0.1) is 0 Å². The molecular formula is C18H18FNO5. The molecule has 0 heterocycles. The van der Waals surface area contributed by atoms with Crippen molar-refractivity contribution in [3.05, 3.63) is 59.4 Å². The van der Waals surface area contributed by atoms with E-state index in [1.54, 1.807) is 6.07 Å². The molecule has 1 atom stereocenters. The fourth-order valence-electron chi connectivity index (χ4n) is 2.30. The molecule has 6 nitrogen and oxygen atoms in total. The number of hydrogen-bond donors (Lipinski definition) is 2. The topological polar surface area (TPSA) is 84.9 Å². The zero-order valence-electron chi connectivity index (χ0n) is 13.8. The molecule has 0 fully saturated rings. The van der Waals surface area contributed by atoms with Gasteiger partial charge in [0.1, 0.15) is 17.3 Å². The minimum atomic E-state index is -1.09. The maximum atomic E-state index is 13.1. The zero-order chi connectivity index (χ0) is 18.4. The molecule has 0 saturated heterocycles. The molecule has 0 aliphatic rings. The highest BCUT2D eigenvalue weighted by molar-refractivity contribution is 5.95. The van der Waals surface area contributed by atoms with Crippen LogP contribution in [0.3, 0.4) is 0 Å². The fourth-order valence-corrected chi connectivity index (χ4v) is 2.30. The lowest BCUT2D eigenvalue weighted by Gasteiger charge is -2.18. The second-order valence-electron chi connectivity index (χ2n) is 5.28. The smallest absolute Gasteiger partial charge is 0.305 e. The van der Waals surface area contributed by atoms with E-state index >= 15 is 0 Å². The number of ether oxygens (including phenoxy) is 2. The SMILES string of the molecule is COc1cc(OC)cc(C(=O)NC(CC(=O)O)c2ccc(F)cc2)c1. The number of carboxylic acid groups (broad SMARTS) is 1. The van der Waals surface area contributed by atoms with Crippen molar-refractivity contribution in [3.8, 4) is 11.5 Å². The van der Waals surface area contributed by atoms with Crippen molar-refractivity contribution < 1.29 is 28.6 Å². The van der Waals surface area contributed by atoms with Gasteiger partial charge in [-0.1, -0.05) is 12.1 Å². The van der Waals surface area contributed by atoms with Crippen LogP contribution in [-0.2, 0) is 4.79 Å². The molecule has 0 aromatic heterocycles. The first kappa shape index (κ1) is 18.3. The zero-order valence-corrected chi connectivity index (χ0v) is 13.8. The van der Waals surface area contributed by atoms with Crippen molar-refractivity contribution in [1.29, 1.82) is 0 Å². The Balaban J connectivity index is 2.27. The number of carboxylic acids is 1. The van der Waals surface area contributed by atoms with Crippen molar-refractivity contribution in [2.24, 2.45) is 0 Å². The monoisotopic (exact) mass is 347 g/mol. The Morgan fingerprint density at radius 1 is 1.08 bits per heavy atom. The van der Waals surface area contributed by atoms with Gasteiger partial charge in [0.15, 0.2) is 0 Å². The van der Waals surface area contributed by atoms with Gasteiger partial charge in [-0.25, -0.2) is 4.39 Å². The molecule has 1 amide bonds. The Bertz CT molecular complexity index is 738. The molecule has 132 valence electrons. The Morgan fingerprint density at radius 2 is 1.64 bits per heavy atom. The van der Waals surface area contributed by atoms with E-state index in [1.807, 2.05) is 0 Å². The van der Waals surface area contributed by atoms with E-state index in [1.165, 1.54) is 50.6 Å². The van der Waals surface area contributed by atoms with E-state index in [4.69, 9.17) is 14.6 Å². The van der Waals surface area contributed by atoms with Crippen molar-refractivity contribution in [2.45, 2.75) is 12.5 Å². The van der Waals surface area contributed by atoms with Crippen LogP contribution < -0.4 is 14.8 Å². The summed E-state index contributed by atoms with van der Waals surface area (Å²) in [7, 11) is 2.92. The second kappa shape index (κ2) is 8.14. The van der Waals surface area contributed by atoms with E-state index in [2.05, 4.69) is 5.32 Å². The lowest BCUT2D eigenvalue weighted by atomic mass is 10.0. The van der Waals surface area contributed by atoms with Crippen LogP contribution >= 0.6 is 0 Å². The van der Waals surface area contributed by atoms with Crippen LogP contribution in [0.1, 0.15) is 28.4 Å². The van der Waals surface area contributed by atoms with Gasteiger partial charge in [0, 0.05) is 11.6 Å². The first-order valence-electron chi connectivity index (χ1n) is 7.44. The Hall–Kier alpha value is -3.09. The van der Waals surface area contributed by atoms with Crippen LogP contribution in [0.15, 0.2) is 42.5 Å². The summed E-state index contributed by atoms with van der Waals surface area (Å²) in [6.07, 6.45) is -0.335. The van der Waals surface area contributed by atoms with Crippen molar-refractivity contribution in [3.63, 3.8) is 0 Å². The molecule has 0 bridgehead atoms. The molecule has 7 heteroatoms. The predicted molar refractivity (Wildman–Crippen MR) is 88.4 cm³/mol. The molecule has 0 spiro atoms. The molecule has 25 heavy (non-hydrogen) atoms. The number of halogens is 1.